The minimum Gasteiger partial charge on any atom is -0.497 e. The van der Waals surface area contributed by atoms with Crippen LogP contribution in [0.25, 0.3) is 5.57 Å². The minimum atomic E-state index is -0.838. The van der Waals surface area contributed by atoms with E-state index in [1.54, 1.807) is 27.2 Å². The van der Waals surface area contributed by atoms with Gasteiger partial charge in [0.2, 0.25) is 0 Å². The molecule has 2 aromatic rings. The number of ketones is 1. The minimum absolute atomic E-state index is 0.226. The number of methoxy groups -OCH3 is 2. The highest BCUT2D eigenvalue weighted by Crippen LogP contribution is 2.41. The third-order valence-electron chi connectivity index (χ3n) is 5.01. The van der Waals surface area contributed by atoms with Gasteiger partial charge in [-0.25, -0.2) is 0 Å². The van der Waals surface area contributed by atoms with Gasteiger partial charge < -0.3 is 14.2 Å². The van der Waals surface area contributed by atoms with E-state index in [9.17, 15) is 9.59 Å². The van der Waals surface area contributed by atoms with Crippen LogP contribution in [0.5, 0.6) is 11.5 Å². The van der Waals surface area contributed by atoms with Crippen molar-refractivity contribution >= 4 is 17.3 Å². The summed E-state index contributed by atoms with van der Waals surface area (Å²) in [4.78, 5) is 25.4. The van der Waals surface area contributed by atoms with E-state index in [1.807, 2.05) is 48.5 Å². The van der Waals surface area contributed by atoms with Gasteiger partial charge in [0.15, 0.2) is 5.78 Å². The van der Waals surface area contributed by atoms with Crippen LogP contribution in [0, 0.1) is 5.92 Å². The monoisotopic (exact) mass is 380 g/mol. The number of hydrogen-bond acceptors (Lipinski definition) is 5. The van der Waals surface area contributed by atoms with Gasteiger partial charge >= 0.3 is 5.97 Å². The van der Waals surface area contributed by atoms with E-state index in [1.165, 1.54) is 0 Å². The van der Waals surface area contributed by atoms with Crippen LogP contribution in [0.15, 0.2) is 54.6 Å². The molecular weight excluding hydrogens is 356 g/mol. The molecule has 0 spiro atoms. The molecule has 0 fully saturated rings. The Balaban J connectivity index is 1.98. The van der Waals surface area contributed by atoms with Crippen molar-refractivity contribution in [3.05, 3.63) is 65.7 Å². The molecular formula is C23H24O5. The van der Waals surface area contributed by atoms with Gasteiger partial charge in [-0.1, -0.05) is 24.3 Å². The highest BCUT2D eigenvalue weighted by Gasteiger charge is 2.39. The third-order valence-corrected chi connectivity index (χ3v) is 5.01. The molecule has 0 radical (unpaired) electrons. The molecule has 0 bridgehead atoms. The van der Waals surface area contributed by atoms with Crippen molar-refractivity contribution in [1.29, 1.82) is 0 Å². The third kappa shape index (κ3) is 4.09. The van der Waals surface area contributed by atoms with Crippen LogP contribution in [0.1, 0.15) is 30.4 Å². The molecule has 1 aliphatic carbocycles. The average molecular weight is 380 g/mol. The maximum atomic E-state index is 12.9. The highest BCUT2D eigenvalue weighted by molar-refractivity contribution is 6.10. The van der Waals surface area contributed by atoms with E-state index in [0.29, 0.717) is 6.42 Å². The lowest BCUT2D eigenvalue weighted by Crippen LogP contribution is -2.34. The molecule has 5 heteroatoms. The van der Waals surface area contributed by atoms with E-state index in [4.69, 9.17) is 14.2 Å². The maximum absolute atomic E-state index is 12.9. The second kappa shape index (κ2) is 8.74. The van der Waals surface area contributed by atoms with Crippen LogP contribution in [-0.2, 0) is 14.3 Å². The molecule has 146 valence electrons. The van der Waals surface area contributed by atoms with E-state index >= 15 is 0 Å². The van der Waals surface area contributed by atoms with Crippen LogP contribution in [0.3, 0.4) is 0 Å². The van der Waals surface area contributed by atoms with Crippen molar-refractivity contribution < 1.29 is 23.8 Å². The van der Waals surface area contributed by atoms with Gasteiger partial charge in [-0.15, -0.1) is 0 Å². The Bertz CT molecular complexity index is 865. The number of carbonyl (C=O) groups excluding carboxylic acids is 2. The summed E-state index contributed by atoms with van der Waals surface area (Å²) in [5.41, 5.74) is 2.75. The average Bonchev–Trinajstić information content (AvgIpc) is 2.73. The van der Waals surface area contributed by atoms with Crippen LogP contribution < -0.4 is 9.47 Å². The first-order valence-electron chi connectivity index (χ1n) is 9.26. The molecule has 0 unspecified atom stereocenters. The van der Waals surface area contributed by atoms with Crippen molar-refractivity contribution in [2.24, 2.45) is 5.92 Å². The zero-order valence-electron chi connectivity index (χ0n) is 16.3. The fourth-order valence-electron chi connectivity index (χ4n) is 3.55. The molecule has 3 rings (SSSR count). The van der Waals surface area contributed by atoms with Crippen LogP contribution in [0.2, 0.25) is 0 Å². The summed E-state index contributed by atoms with van der Waals surface area (Å²) in [6.45, 7) is 1.99. The molecule has 28 heavy (non-hydrogen) atoms. The Hall–Kier alpha value is -3.08. The molecule has 0 N–H and O–H groups in total. The van der Waals surface area contributed by atoms with Crippen molar-refractivity contribution in [3.8, 4) is 11.5 Å². The number of esters is 1. The zero-order chi connectivity index (χ0) is 20.1. The quantitative estimate of drug-likeness (QED) is 0.559. The second-order valence-corrected chi connectivity index (χ2v) is 6.61. The summed E-state index contributed by atoms with van der Waals surface area (Å²) >= 11 is 0. The Labute approximate surface area is 164 Å². The zero-order valence-corrected chi connectivity index (χ0v) is 16.3. The van der Waals surface area contributed by atoms with Crippen molar-refractivity contribution in [2.45, 2.75) is 19.3 Å². The molecule has 2 atom stereocenters. The predicted molar refractivity (Wildman–Crippen MR) is 106 cm³/mol. The lowest BCUT2D eigenvalue weighted by molar-refractivity contribution is -0.151. The first-order valence-corrected chi connectivity index (χ1v) is 9.26. The number of benzene rings is 2. The summed E-state index contributed by atoms with van der Waals surface area (Å²) in [6.07, 6.45) is 2.14. The summed E-state index contributed by atoms with van der Waals surface area (Å²) in [5.74, 6) is -0.350. The lowest BCUT2D eigenvalue weighted by atomic mass is 9.73. The fourth-order valence-corrected chi connectivity index (χ4v) is 3.55. The van der Waals surface area contributed by atoms with Gasteiger partial charge in [-0.2, -0.15) is 0 Å². The fraction of sp³-hybridized carbons (Fsp3) is 0.304. The Morgan fingerprint density at radius 2 is 1.54 bits per heavy atom. The van der Waals surface area contributed by atoms with Crippen LogP contribution >= 0.6 is 0 Å². The van der Waals surface area contributed by atoms with Gasteiger partial charge in [-0.05, 0) is 60.4 Å². The largest absolute Gasteiger partial charge is 0.497 e. The highest BCUT2D eigenvalue weighted by atomic mass is 16.5. The first-order chi connectivity index (χ1) is 13.6. The molecule has 2 aromatic carbocycles. The molecule has 0 saturated heterocycles. The van der Waals surface area contributed by atoms with E-state index in [2.05, 4.69) is 0 Å². The summed E-state index contributed by atoms with van der Waals surface area (Å²) < 4.78 is 15.6. The number of rotatable bonds is 6. The summed E-state index contributed by atoms with van der Waals surface area (Å²) in [5, 5.41) is 0. The van der Waals surface area contributed by atoms with Gasteiger partial charge in [0.25, 0.3) is 0 Å². The van der Waals surface area contributed by atoms with Crippen molar-refractivity contribution in [3.63, 3.8) is 0 Å². The molecule has 0 amide bonds. The van der Waals surface area contributed by atoms with E-state index in [0.717, 1.165) is 28.2 Å². The smallest absolute Gasteiger partial charge is 0.317 e. The number of allylic oxidation sites excluding steroid dienone is 2. The standard InChI is InChI=1S/C23H24O5/c1-4-28-23(25)22-20(16-7-11-19(27-3)12-8-16)13-17(14-21(22)24)15-5-9-18(26-2)10-6-15/h5-12,14,20,22H,4,13H2,1-3H3/t20-,22+/m0/s1. The number of ether oxygens (including phenoxy) is 3. The number of carbonyl (C=O) groups is 2. The Morgan fingerprint density at radius 3 is 2.07 bits per heavy atom. The van der Waals surface area contributed by atoms with Gasteiger partial charge in [0.1, 0.15) is 17.4 Å². The van der Waals surface area contributed by atoms with Gasteiger partial charge in [-0.3, -0.25) is 9.59 Å². The van der Waals surface area contributed by atoms with Gasteiger partial charge in [0.05, 0.1) is 20.8 Å². The SMILES string of the molecule is CCOC(=O)[C@H]1C(=O)C=C(c2ccc(OC)cc2)C[C@H]1c1ccc(OC)cc1. The normalized spacial score (nSPS) is 19.0. The summed E-state index contributed by atoms with van der Waals surface area (Å²) in [7, 11) is 3.22. The number of hydrogen-bond donors (Lipinski definition) is 0. The van der Waals surface area contributed by atoms with Crippen molar-refractivity contribution in [2.75, 3.05) is 20.8 Å². The first kappa shape index (κ1) is 19.7. The topological polar surface area (TPSA) is 61.8 Å². The van der Waals surface area contributed by atoms with E-state index in [-0.39, 0.29) is 18.3 Å². The van der Waals surface area contributed by atoms with E-state index < -0.39 is 11.9 Å². The molecule has 5 nitrogen and oxygen atoms in total. The second-order valence-electron chi connectivity index (χ2n) is 6.61. The van der Waals surface area contributed by atoms with Crippen molar-refractivity contribution in [1.82, 2.24) is 0 Å². The molecule has 0 heterocycles. The molecule has 0 aliphatic heterocycles. The van der Waals surface area contributed by atoms with Gasteiger partial charge in [0, 0.05) is 5.92 Å². The molecule has 0 saturated carbocycles. The maximum Gasteiger partial charge on any atom is 0.317 e. The predicted octanol–water partition coefficient (Wildman–Crippen LogP) is 4.02. The lowest BCUT2D eigenvalue weighted by Gasteiger charge is -2.29. The Morgan fingerprint density at radius 1 is 0.964 bits per heavy atom. The summed E-state index contributed by atoms with van der Waals surface area (Å²) in [6, 6.07) is 15.1. The van der Waals surface area contributed by atoms with Crippen LogP contribution in [-0.4, -0.2) is 32.6 Å². The molecule has 1 aliphatic rings. The Kier molecular flexibility index (Phi) is 6.14. The van der Waals surface area contributed by atoms with Crippen LogP contribution in [0.4, 0.5) is 0 Å². The molecule has 0 aromatic heterocycles.